The van der Waals surface area contributed by atoms with E-state index in [4.69, 9.17) is 23.2 Å². The molecule has 0 unspecified atom stereocenters. The van der Waals surface area contributed by atoms with Crippen molar-refractivity contribution in [2.75, 3.05) is 18.0 Å². The molecule has 5 nitrogen and oxygen atoms in total. The standard InChI is InChI=1S/C26H22Cl2F3N3O2S/c27-24-7-2-1-5-20(24)15-34(22-9-8-19(14-32)25(28)13-22)23-10-11-33(16-23)37(35,36)17-18-4-3-6-21(12-18)26(29,30)31/h1-9,12-13,23H,10-11,15-17H2/t23-/m0/s1. The third-order valence-electron chi connectivity index (χ3n) is 6.27. The molecular weight excluding hydrogens is 546 g/mol. The summed E-state index contributed by atoms with van der Waals surface area (Å²) >= 11 is 12.7. The van der Waals surface area contributed by atoms with Crippen LogP contribution in [0.1, 0.15) is 28.7 Å². The highest BCUT2D eigenvalue weighted by atomic mass is 35.5. The Bertz CT molecular complexity index is 1440. The minimum atomic E-state index is -4.56. The van der Waals surface area contributed by atoms with Gasteiger partial charge in [-0.2, -0.15) is 22.7 Å². The molecular formula is C26H22Cl2F3N3O2S. The van der Waals surface area contributed by atoms with Gasteiger partial charge in [0.25, 0.3) is 0 Å². The van der Waals surface area contributed by atoms with Crippen LogP contribution in [0.4, 0.5) is 18.9 Å². The number of hydrogen-bond donors (Lipinski definition) is 0. The highest BCUT2D eigenvalue weighted by molar-refractivity contribution is 7.88. The van der Waals surface area contributed by atoms with E-state index in [1.807, 2.05) is 29.2 Å². The van der Waals surface area contributed by atoms with Gasteiger partial charge in [-0.3, -0.25) is 0 Å². The molecule has 0 radical (unpaired) electrons. The van der Waals surface area contributed by atoms with E-state index in [1.54, 1.807) is 24.3 Å². The summed E-state index contributed by atoms with van der Waals surface area (Å²) in [6, 6.07) is 18.5. The molecule has 0 aliphatic carbocycles. The predicted molar refractivity (Wildman–Crippen MR) is 138 cm³/mol. The Hall–Kier alpha value is -2.77. The number of halogens is 5. The van der Waals surface area contributed by atoms with Crippen molar-refractivity contribution in [3.8, 4) is 6.07 Å². The first kappa shape index (κ1) is 27.3. The molecule has 0 saturated carbocycles. The smallest absolute Gasteiger partial charge is 0.363 e. The van der Waals surface area contributed by atoms with Crippen molar-refractivity contribution in [2.24, 2.45) is 0 Å². The second-order valence-electron chi connectivity index (χ2n) is 8.75. The Balaban J connectivity index is 1.58. The van der Waals surface area contributed by atoms with Gasteiger partial charge in [-0.05, 0) is 47.9 Å². The van der Waals surface area contributed by atoms with E-state index >= 15 is 0 Å². The molecule has 37 heavy (non-hydrogen) atoms. The maximum absolute atomic E-state index is 13.2. The maximum atomic E-state index is 13.2. The molecule has 1 atom stereocenters. The van der Waals surface area contributed by atoms with Crippen LogP contribution in [-0.2, 0) is 28.5 Å². The van der Waals surface area contributed by atoms with Crippen LogP contribution in [0.25, 0.3) is 0 Å². The van der Waals surface area contributed by atoms with Gasteiger partial charge in [0.05, 0.1) is 21.9 Å². The molecule has 1 saturated heterocycles. The van der Waals surface area contributed by atoms with Crippen molar-refractivity contribution in [3.63, 3.8) is 0 Å². The Morgan fingerprint density at radius 2 is 1.78 bits per heavy atom. The molecule has 0 bridgehead atoms. The van der Waals surface area contributed by atoms with Crippen LogP contribution in [-0.4, -0.2) is 31.9 Å². The van der Waals surface area contributed by atoms with Crippen LogP contribution in [0.3, 0.4) is 0 Å². The van der Waals surface area contributed by atoms with E-state index in [2.05, 4.69) is 0 Å². The van der Waals surface area contributed by atoms with E-state index in [9.17, 15) is 26.9 Å². The van der Waals surface area contributed by atoms with Crippen molar-refractivity contribution in [1.29, 1.82) is 5.26 Å². The van der Waals surface area contributed by atoms with E-state index in [0.29, 0.717) is 29.2 Å². The summed E-state index contributed by atoms with van der Waals surface area (Å²) in [6.07, 6.45) is -4.07. The summed E-state index contributed by atoms with van der Waals surface area (Å²) in [5.41, 5.74) is 1.04. The fourth-order valence-electron chi connectivity index (χ4n) is 4.37. The van der Waals surface area contributed by atoms with Crippen molar-refractivity contribution in [2.45, 2.75) is 30.9 Å². The second-order valence-corrected chi connectivity index (χ2v) is 11.5. The topological polar surface area (TPSA) is 64.4 Å². The average Bonchev–Trinajstić information content (AvgIpc) is 3.34. The van der Waals surface area contributed by atoms with Crippen molar-refractivity contribution in [3.05, 3.63) is 99.0 Å². The summed E-state index contributed by atoms with van der Waals surface area (Å²) in [5, 5.41) is 10.1. The monoisotopic (exact) mass is 567 g/mol. The maximum Gasteiger partial charge on any atom is 0.416 e. The first-order valence-corrected chi connectivity index (χ1v) is 13.7. The first-order chi connectivity index (χ1) is 17.5. The molecule has 1 aliphatic rings. The van der Waals surface area contributed by atoms with Crippen LogP contribution in [0.15, 0.2) is 66.7 Å². The van der Waals surface area contributed by atoms with Gasteiger partial charge in [-0.15, -0.1) is 0 Å². The molecule has 194 valence electrons. The summed E-state index contributed by atoms with van der Waals surface area (Å²) in [7, 11) is -3.88. The fourth-order valence-corrected chi connectivity index (χ4v) is 6.35. The minimum absolute atomic E-state index is 0.0741. The lowest BCUT2D eigenvalue weighted by molar-refractivity contribution is -0.137. The summed E-state index contributed by atoms with van der Waals surface area (Å²) in [5.74, 6) is -0.531. The molecule has 4 rings (SSSR count). The quantitative estimate of drug-likeness (QED) is 0.327. The zero-order valence-corrected chi connectivity index (χ0v) is 21.7. The number of alkyl halides is 3. The van der Waals surface area contributed by atoms with Gasteiger partial charge in [0.1, 0.15) is 6.07 Å². The molecule has 0 N–H and O–H groups in total. The van der Waals surface area contributed by atoms with Crippen molar-refractivity contribution >= 4 is 38.9 Å². The Kier molecular flexibility index (Phi) is 8.05. The summed E-state index contributed by atoms with van der Waals surface area (Å²) < 4.78 is 66.9. The minimum Gasteiger partial charge on any atom is -0.363 e. The average molecular weight is 568 g/mol. The van der Waals surface area contributed by atoms with Crippen LogP contribution in [0.5, 0.6) is 0 Å². The van der Waals surface area contributed by atoms with Crippen LogP contribution in [0.2, 0.25) is 10.0 Å². The zero-order valence-electron chi connectivity index (χ0n) is 19.4. The Morgan fingerprint density at radius 1 is 1.03 bits per heavy atom. The Morgan fingerprint density at radius 3 is 2.46 bits per heavy atom. The largest absolute Gasteiger partial charge is 0.416 e. The molecule has 1 aliphatic heterocycles. The van der Waals surface area contributed by atoms with Gasteiger partial charge in [-0.25, -0.2) is 8.42 Å². The van der Waals surface area contributed by atoms with Gasteiger partial charge in [0, 0.05) is 36.4 Å². The highest BCUT2D eigenvalue weighted by Gasteiger charge is 2.36. The van der Waals surface area contributed by atoms with Gasteiger partial charge >= 0.3 is 6.18 Å². The van der Waals surface area contributed by atoms with E-state index < -0.39 is 27.5 Å². The summed E-state index contributed by atoms with van der Waals surface area (Å²) in [4.78, 5) is 1.99. The number of hydrogen-bond acceptors (Lipinski definition) is 4. The van der Waals surface area contributed by atoms with E-state index in [1.165, 1.54) is 16.4 Å². The number of nitriles is 1. The normalized spacial score (nSPS) is 16.5. The molecule has 1 fully saturated rings. The molecule has 0 spiro atoms. The van der Waals surface area contributed by atoms with Crippen LogP contribution < -0.4 is 4.90 Å². The number of rotatable bonds is 7. The van der Waals surface area contributed by atoms with Gasteiger partial charge in [-0.1, -0.05) is 59.6 Å². The highest BCUT2D eigenvalue weighted by Crippen LogP contribution is 2.33. The lowest BCUT2D eigenvalue weighted by Gasteiger charge is -2.32. The molecule has 11 heteroatoms. The van der Waals surface area contributed by atoms with E-state index in [0.717, 1.165) is 17.7 Å². The van der Waals surface area contributed by atoms with Gasteiger partial charge in [0.2, 0.25) is 10.0 Å². The van der Waals surface area contributed by atoms with Crippen LogP contribution in [0, 0.1) is 11.3 Å². The lowest BCUT2D eigenvalue weighted by atomic mass is 10.1. The van der Waals surface area contributed by atoms with Crippen molar-refractivity contribution < 1.29 is 21.6 Å². The molecule has 3 aromatic rings. The number of nitrogens with zero attached hydrogens (tertiary/aromatic N) is 3. The van der Waals surface area contributed by atoms with Crippen LogP contribution >= 0.6 is 23.2 Å². The predicted octanol–water partition coefficient (Wildman–Crippen LogP) is 6.49. The first-order valence-electron chi connectivity index (χ1n) is 11.3. The second kappa shape index (κ2) is 10.9. The third-order valence-corrected chi connectivity index (χ3v) is 8.76. The van der Waals surface area contributed by atoms with Gasteiger partial charge in [0.15, 0.2) is 0 Å². The van der Waals surface area contributed by atoms with E-state index in [-0.39, 0.29) is 29.7 Å². The molecule has 1 heterocycles. The van der Waals surface area contributed by atoms with Crippen molar-refractivity contribution in [1.82, 2.24) is 4.31 Å². The summed E-state index contributed by atoms with van der Waals surface area (Å²) in [6.45, 7) is 0.729. The number of sulfonamides is 1. The molecule has 0 amide bonds. The number of anilines is 1. The zero-order chi connectivity index (χ0) is 26.8. The fraction of sp³-hybridized carbons (Fsp3) is 0.269. The Labute approximate surface area is 223 Å². The van der Waals surface area contributed by atoms with Gasteiger partial charge < -0.3 is 4.90 Å². The molecule has 0 aromatic heterocycles. The number of benzene rings is 3. The molecule has 3 aromatic carbocycles. The SMILES string of the molecule is N#Cc1ccc(N(Cc2ccccc2Cl)[C@H]2CCN(S(=O)(=O)Cc3cccc(C(F)(F)F)c3)C2)cc1Cl. The third kappa shape index (κ3) is 6.39. The lowest BCUT2D eigenvalue weighted by Crippen LogP contribution is -2.39.